The first-order chi connectivity index (χ1) is 10.1. The highest BCUT2D eigenvalue weighted by molar-refractivity contribution is 9.10. The first kappa shape index (κ1) is 14.1. The van der Waals surface area contributed by atoms with Crippen LogP contribution in [0.2, 0.25) is 0 Å². The van der Waals surface area contributed by atoms with E-state index >= 15 is 0 Å². The molecule has 0 saturated carbocycles. The van der Waals surface area contributed by atoms with Gasteiger partial charge in [-0.05, 0) is 48.9 Å². The molecule has 0 aliphatic rings. The highest BCUT2D eigenvalue weighted by Gasteiger charge is 2.02. The molecule has 1 aromatic heterocycles. The Bertz CT molecular complexity index is 762. The summed E-state index contributed by atoms with van der Waals surface area (Å²) in [6.45, 7) is 5.05. The monoisotopic (exact) mass is 343 g/mol. The zero-order valence-electron chi connectivity index (χ0n) is 12.2. The van der Waals surface area contributed by atoms with Gasteiger partial charge in [0.15, 0.2) is 0 Å². The predicted molar refractivity (Wildman–Crippen MR) is 91.6 cm³/mol. The van der Waals surface area contributed by atoms with E-state index in [0.717, 1.165) is 16.7 Å². The number of aromatic nitrogens is 2. The van der Waals surface area contributed by atoms with Gasteiger partial charge in [-0.25, -0.2) is 0 Å². The largest absolute Gasteiger partial charge is 0.381 e. The number of nitrogens with one attached hydrogen (secondary N) is 1. The van der Waals surface area contributed by atoms with E-state index in [2.05, 4.69) is 82.8 Å². The molecule has 21 heavy (non-hydrogen) atoms. The number of fused-ring (bicyclic) bond motifs is 1. The molecule has 0 aliphatic carbocycles. The minimum Gasteiger partial charge on any atom is -0.381 e. The smallest absolute Gasteiger partial charge is 0.0539 e. The zero-order chi connectivity index (χ0) is 14.8. The van der Waals surface area contributed by atoms with Gasteiger partial charge in [0.1, 0.15) is 0 Å². The van der Waals surface area contributed by atoms with Gasteiger partial charge in [0.05, 0.1) is 6.20 Å². The molecular weight excluding hydrogens is 326 g/mol. The quantitative estimate of drug-likeness (QED) is 0.722. The van der Waals surface area contributed by atoms with Crippen LogP contribution >= 0.6 is 15.9 Å². The SMILES string of the molecule is CC(C)n1cc(CNc2ccc3cc(Br)ccc3c2)cn1. The molecule has 0 aliphatic heterocycles. The van der Waals surface area contributed by atoms with Gasteiger partial charge in [-0.1, -0.05) is 28.1 Å². The van der Waals surface area contributed by atoms with Gasteiger partial charge in [-0.3, -0.25) is 4.68 Å². The van der Waals surface area contributed by atoms with E-state index < -0.39 is 0 Å². The molecule has 0 fully saturated rings. The lowest BCUT2D eigenvalue weighted by Crippen LogP contribution is -2.01. The summed E-state index contributed by atoms with van der Waals surface area (Å²) in [6.07, 6.45) is 4.01. The Labute approximate surface area is 133 Å². The lowest BCUT2D eigenvalue weighted by Gasteiger charge is -2.07. The lowest BCUT2D eigenvalue weighted by molar-refractivity contribution is 0.532. The first-order valence-electron chi connectivity index (χ1n) is 7.08. The molecule has 4 heteroatoms. The van der Waals surface area contributed by atoms with Crippen molar-refractivity contribution in [3.05, 3.63) is 58.8 Å². The fourth-order valence-corrected chi connectivity index (χ4v) is 2.66. The van der Waals surface area contributed by atoms with Crippen molar-refractivity contribution in [3.8, 4) is 0 Å². The summed E-state index contributed by atoms with van der Waals surface area (Å²) in [5.74, 6) is 0. The van der Waals surface area contributed by atoms with Gasteiger partial charge in [0.25, 0.3) is 0 Å². The summed E-state index contributed by atoms with van der Waals surface area (Å²) in [5.41, 5.74) is 2.32. The third kappa shape index (κ3) is 3.27. The zero-order valence-corrected chi connectivity index (χ0v) is 13.8. The second-order valence-corrected chi connectivity index (χ2v) is 6.40. The number of halogens is 1. The van der Waals surface area contributed by atoms with E-state index in [9.17, 15) is 0 Å². The fraction of sp³-hybridized carbons (Fsp3) is 0.235. The van der Waals surface area contributed by atoms with E-state index in [1.54, 1.807) is 0 Å². The van der Waals surface area contributed by atoms with E-state index in [1.807, 2.05) is 10.9 Å². The van der Waals surface area contributed by atoms with Crippen molar-refractivity contribution in [3.63, 3.8) is 0 Å². The van der Waals surface area contributed by atoms with Crippen LogP contribution < -0.4 is 5.32 Å². The Morgan fingerprint density at radius 1 is 1.14 bits per heavy atom. The summed E-state index contributed by atoms with van der Waals surface area (Å²) in [5, 5.41) is 10.3. The molecule has 0 bridgehead atoms. The van der Waals surface area contributed by atoms with Gasteiger partial charge in [-0.2, -0.15) is 5.10 Å². The van der Waals surface area contributed by atoms with Crippen molar-refractivity contribution in [2.75, 3.05) is 5.32 Å². The van der Waals surface area contributed by atoms with Crippen LogP contribution in [0.1, 0.15) is 25.5 Å². The van der Waals surface area contributed by atoms with E-state index in [-0.39, 0.29) is 0 Å². The third-order valence-corrected chi connectivity index (χ3v) is 3.98. The van der Waals surface area contributed by atoms with Gasteiger partial charge in [0, 0.05) is 34.5 Å². The summed E-state index contributed by atoms with van der Waals surface area (Å²) < 4.78 is 3.09. The van der Waals surface area contributed by atoms with Crippen LogP contribution in [0.5, 0.6) is 0 Å². The summed E-state index contributed by atoms with van der Waals surface area (Å²) >= 11 is 3.50. The number of rotatable bonds is 4. The second kappa shape index (κ2) is 5.90. The third-order valence-electron chi connectivity index (χ3n) is 3.48. The molecule has 3 rings (SSSR count). The minimum atomic E-state index is 0.401. The van der Waals surface area contributed by atoms with Crippen LogP contribution in [0.3, 0.4) is 0 Å². The van der Waals surface area contributed by atoms with Gasteiger partial charge in [-0.15, -0.1) is 0 Å². The molecular formula is C17H18BrN3. The van der Waals surface area contributed by atoms with Crippen LogP contribution in [0.15, 0.2) is 53.3 Å². The van der Waals surface area contributed by atoms with Crippen molar-refractivity contribution < 1.29 is 0 Å². The van der Waals surface area contributed by atoms with Crippen LogP contribution in [0.25, 0.3) is 10.8 Å². The summed E-state index contributed by atoms with van der Waals surface area (Å²) in [7, 11) is 0. The topological polar surface area (TPSA) is 29.9 Å². The summed E-state index contributed by atoms with van der Waals surface area (Å²) in [6, 6.07) is 13.2. The number of benzene rings is 2. The Morgan fingerprint density at radius 2 is 1.90 bits per heavy atom. The standard InChI is InChI=1S/C17H18BrN3/c1-12(2)21-11-13(10-20-21)9-19-17-6-4-14-7-16(18)5-3-15(14)8-17/h3-8,10-12,19H,9H2,1-2H3. The van der Waals surface area contributed by atoms with Gasteiger partial charge in [0.2, 0.25) is 0 Å². The summed E-state index contributed by atoms with van der Waals surface area (Å²) in [4.78, 5) is 0. The Kier molecular flexibility index (Phi) is 3.97. The molecule has 1 heterocycles. The normalized spacial score (nSPS) is 11.2. The molecule has 2 aromatic carbocycles. The highest BCUT2D eigenvalue weighted by Crippen LogP contribution is 2.23. The van der Waals surface area contributed by atoms with Crippen molar-refractivity contribution in [1.29, 1.82) is 0 Å². The molecule has 0 spiro atoms. The van der Waals surface area contributed by atoms with Crippen molar-refractivity contribution in [2.24, 2.45) is 0 Å². The number of hydrogen-bond acceptors (Lipinski definition) is 2. The van der Waals surface area contributed by atoms with Crippen molar-refractivity contribution in [2.45, 2.75) is 26.4 Å². The van der Waals surface area contributed by atoms with Crippen LogP contribution in [0.4, 0.5) is 5.69 Å². The maximum absolute atomic E-state index is 4.36. The molecule has 3 aromatic rings. The molecule has 0 saturated heterocycles. The Morgan fingerprint density at radius 3 is 2.67 bits per heavy atom. The number of nitrogens with zero attached hydrogens (tertiary/aromatic N) is 2. The highest BCUT2D eigenvalue weighted by atomic mass is 79.9. The van der Waals surface area contributed by atoms with Gasteiger partial charge < -0.3 is 5.32 Å². The minimum absolute atomic E-state index is 0.401. The predicted octanol–water partition coefficient (Wildman–Crippen LogP) is 4.99. The number of anilines is 1. The molecule has 0 atom stereocenters. The van der Waals surface area contributed by atoms with E-state index in [4.69, 9.17) is 0 Å². The van der Waals surface area contributed by atoms with Crippen molar-refractivity contribution >= 4 is 32.4 Å². The van der Waals surface area contributed by atoms with E-state index in [1.165, 1.54) is 16.3 Å². The molecule has 3 nitrogen and oxygen atoms in total. The molecule has 108 valence electrons. The molecule has 1 N–H and O–H groups in total. The Balaban J connectivity index is 1.73. The second-order valence-electron chi connectivity index (χ2n) is 5.48. The number of hydrogen-bond donors (Lipinski definition) is 1. The first-order valence-corrected chi connectivity index (χ1v) is 7.87. The average molecular weight is 344 g/mol. The molecule has 0 amide bonds. The maximum atomic E-state index is 4.36. The van der Waals surface area contributed by atoms with Crippen molar-refractivity contribution in [1.82, 2.24) is 9.78 Å². The average Bonchev–Trinajstić information content (AvgIpc) is 2.94. The molecule has 0 radical (unpaired) electrons. The van der Waals surface area contributed by atoms with Crippen LogP contribution in [-0.4, -0.2) is 9.78 Å². The van der Waals surface area contributed by atoms with Crippen LogP contribution in [0, 0.1) is 0 Å². The Hall–Kier alpha value is -1.81. The lowest BCUT2D eigenvalue weighted by atomic mass is 10.1. The van der Waals surface area contributed by atoms with Crippen LogP contribution in [-0.2, 0) is 6.54 Å². The molecule has 0 unspecified atom stereocenters. The van der Waals surface area contributed by atoms with E-state index in [0.29, 0.717) is 6.04 Å². The van der Waals surface area contributed by atoms with Gasteiger partial charge >= 0.3 is 0 Å². The fourth-order valence-electron chi connectivity index (χ4n) is 2.28. The maximum Gasteiger partial charge on any atom is 0.0539 e.